The lowest BCUT2D eigenvalue weighted by Gasteiger charge is -2.32. The first-order valence-electron chi connectivity index (χ1n) is 12.4. The standard InChI is InChI=1S/C28H28N6O4/c1-2-23(35)32-15-6-7-20(17-32)34-28-25(27(29)33(18-30-28)16-14-24(36)37)26(31-34)19-10-12-22(13-11-19)38-21-8-4-3-5-9-21/h2-5,8-13,18,20,29H,1,6-7,14-17H2,(H,36,37)/t20-/m1/s1. The van der Waals surface area contributed by atoms with Gasteiger partial charge >= 0.3 is 5.97 Å². The summed E-state index contributed by atoms with van der Waals surface area (Å²) < 4.78 is 9.25. The fourth-order valence-corrected chi connectivity index (χ4v) is 4.72. The summed E-state index contributed by atoms with van der Waals surface area (Å²) in [6.45, 7) is 4.85. The fourth-order valence-electron chi connectivity index (χ4n) is 4.72. The van der Waals surface area contributed by atoms with Crippen LogP contribution in [0.25, 0.3) is 22.3 Å². The van der Waals surface area contributed by atoms with E-state index >= 15 is 0 Å². The summed E-state index contributed by atoms with van der Waals surface area (Å²) in [4.78, 5) is 29.8. The van der Waals surface area contributed by atoms with Crippen LogP contribution in [0.5, 0.6) is 11.5 Å². The zero-order valence-corrected chi connectivity index (χ0v) is 20.8. The third kappa shape index (κ3) is 5.06. The number of ether oxygens (including phenoxy) is 1. The van der Waals surface area contributed by atoms with Crippen LogP contribution < -0.4 is 10.2 Å². The van der Waals surface area contributed by atoms with E-state index in [4.69, 9.17) is 20.4 Å². The number of nitrogens with one attached hydrogen (secondary N) is 1. The van der Waals surface area contributed by atoms with Gasteiger partial charge in [0, 0.05) is 25.2 Å². The maximum absolute atomic E-state index is 12.3. The van der Waals surface area contributed by atoms with Crippen LogP contribution in [0.1, 0.15) is 25.3 Å². The topological polar surface area (TPSA) is 126 Å². The van der Waals surface area contributed by atoms with Gasteiger partial charge in [-0.3, -0.25) is 15.0 Å². The first-order valence-corrected chi connectivity index (χ1v) is 12.4. The molecule has 2 aromatic heterocycles. The summed E-state index contributed by atoms with van der Waals surface area (Å²) in [5, 5.41) is 23.5. The Morgan fingerprint density at radius 1 is 1.13 bits per heavy atom. The third-order valence-electron chi connectivity index (χ3n) is 6.63. The Bertz CT molecular complexity index is 1540. The molecular weight excluding hydrogens is 484 g/mol. The van der Waals surface area contributed by atoms with Crippen molar-refractivity contribution in [1.82, 2.24) is 24.2 Å². The van der Waals surface area contributed by atoms with Crippen molar-refractivity contribution in [2.45, 2.75) is 31.8 Å². The zero-order chi connectivity index (χ0) is 26.6. The normalized spacial score (nSPS) is 15.4. The van der Waals surface area contributed by atoms with E-state index in [1.54, 1.807) is 9.58 Å². The highest BCUT2D eigenvalue weighted by Crippen LogP contribution is 2.31. The number of amides is 1. The molecular formula is C28H28N6O4. The molecule has 3 heterocycles. The largest absolute Gasteiger partial charge is 0.481 e. The van der Waals surface area contributed by atoms with E-state index in [2.05, 4.69) is 11.6 Å². The Morgan fingerprint density at radius 2 is 1.87 bits per heavy atom. The van der Waals surface area contributed by atoms with Crippen LogP contribution >= 0.6 is 0 Å². The second-order valence-corrected chi connectivity index (χ2v) is 9.15. The first kappa shape index (κ1) is 24.9. The van der Waals surface area contributed by atoms with Crippen LogP contribution in [-0.4, -0.2) is 54.3 Å². The van der Waals surface area contributed by atoms with Gasteiger partial charge < -0.3 is 19.3 Å². The van der Waals surface area contributed by atoms with Gasteiger partial charge in [0.2, 0.25) is 5.91 Å². The summed E-state index contributed by atoms with van der Waals surface area (Å²) in [7, 11) is 0. The molecule has 38 heavy (non-hydrogen) atoms. The Labute approximate surface area is 218 Å². The maximum Gasteiger partial charge on any atom is 0.305 e. The number of nitrogens with zero attached hydrogens (tertiary/aromatic N) is 5. The minimum atomic E-state index is -0.948. The van der Waals surface area contributed by atoms with Gasteiger partial charge in [-0.2, -0.15) is 5.10 Å². The van der Waals surface area contributed by atoms with Gasteiger partial charge in [0.1, 0.15) is 22.7 Å². The minimum absolute atomic E-state index is 0.119. The highest BCUT2D eigenvalue weighted by atomic mass is 16.5. The predicted molar refractivity (Wildman–Crippen MR) is 141 cm³/mol. The number of hydrogen-bond donors (Lipinski definition) is 2. The van der Waals surface area contributed by atoms with E-state index in [1.807, 2.05) is 54.6 Å². The number of piperidine rings is 1. The van der Waals surface area contributed by atoms with Gasteiger partial charge in [0.25, 0.3) is 0 Å². The minimum Gasteiger partial charge on any atom is -0.481 e. The molecule has 10 heteroatoms. The molecule has 4 aromatic rings. The number of fused-ring (bicyclic) bond motifs is 1. The van der Waals surface area contributed by atoms with E-state index in [-0.39, 0.29) is 30.4 Å². The molecule has 0 aliphatic carbocycles. The number of hydrogen-bond acceptors (Lipinski definition) is 6. The number of para-hydroxylation sites is 1. The van der Waals surface area contributed by atoms with Crippen LogP contribution in [0.3, 0.4) is 0 Å². The molecule has 1 amide bonds. The van der Waals surface area contributed by atoms with Crippen molar-refractivity contribution >= 4 is 22.9 Å². The number of benzene rings is 2. The molecule has 1 aliphatic heterocycles. The molecule has 1 aliphatic rings. The highest BCUT2D eigenvalue weighted by Gasteiger charge is 2.28. The lowest BCUT2D eigenvalue weighted by atomic mass is 10.1. The third-order valence-corrected chi connectivity index (χ3v) is 6.63. The molecule has 194 valence electrons. The van der Waals surface area contributed by atoms with Crippen molar-refractivity contribution < 1.29 is 19.4 Å². The molecule has 1 fully saturated rings. The number of likely N-dealkylation sites (tertiary alicyclic amines) is 1. The van der Waals surface area contributed by atoms with Gasteiger partial charge in [0.05, 0.1) is 24.2 Å². The highest BCUT2D eigenvalue weighted by molar-refractivity contribution is 5.90. The van der Waals surface area contributed by atoms with Crippen molar-refractivity contribution in [3.8, 4) is 22.8 Å². The number of aryl methyl sites for hydroxylation is 1. The predicted octanol–water partition coefficient (Wildman–Crippen LogP) is 4.00. The van der Waals surface area contributed by atoms with Crippen LogP contribution in [0.15, 0.2) is 73.6 Å². The Balaban J connectivity index is 1.56. The molecule has 0 spiro atoms. The van der Waals surface area contributed by atoms with Crippen LogP contribution in [0, 0.1) is 5.41 Å². The van der Waals surface area contributed by atoms with Crippen LogP contribution in [0.2, 0.25) is 0 Å². The maximum atomic E-state index is 12.3. The van der Waals surface area contributed by atoms with Crippen molar-refractivity contribution in [2.75, 3.05) is 13.1 Å². The average Bonchev–Trinajstić information content (AvgIpc) is 3.34. The van der Waals surface area contributed by atoms with Crippen molar-refractivity contribution in [1.29, 1.82) is 5.41 Å². The van der Waals surface area contributed by atoms with E-state index < -0.39 is 5.97 Å². The molecule has 5 rings (SSSR count). The van der Waals surface area contributed by atoms with Crippen molar-refractivity contribution in [3.63, 3.8) is 0 Å². The van der Waals surface area contributed by atoms with Gasteiger partial charge in [-0.25, -0.2) is 9.67 Å². The molecule has 0 unspecified atom stereocenters. The lowest BCUT2D eigenvalue weighted by molar-refractivity contribution is -0.137. The van der Waals surface area contributed by atoms with E-state index in [1.165, 1.54) is 17.0 Å². The summed E-state index contributed by atoms with van der Waals surface area (Å²) in [5.41, 5.74) is 2.01. The fraction of sp³-hybridized carbons (Fsp3) is 0.250. The summed E-state index contributed by atoms with van der Waals surface area (Å²) >= 11 is 0. The van der Waals surface area contributed by atoms with Gasteiger partial charge in [-0.1, -0.05) is 24.8 Å². The SMILES string of the molecule is C=CC(=O)N1CCC[C@@H](n2nc(-c3ccc(Oc4ccccc4)cc3)c3c(=N)n(CCC(=O)O)cnc32)C1. The number of carbonyl (C=O) groups is 2. The van der Waals surface area contributed by atoms with Crippen molar-refractivity contribution in [2.24, 2.45) is 0 Å². The molecule has 2 N–H and O–H groups in total. The van der Waals surface area contributed by atoms with Crippen LogP contribution in [0.4, 0.5) is 0 Å². The Morgan fingerprint density at radius 3 is 2.58 bits per heavy atom. The van der Waals surface area contributed by atoms with E-state index in [0.717, 1.165) is 24.2 Å². The van der Waals surface area contributed by atoms with Gasteiger partial charge in [-0.05, 0) is 55.3 Å². The molecule has 0 radical (unpaired) electrons. The smallest absolute Gasteiger partial charge is 0.305 e. The van der Waals surface area contributed by atoms with Gasteiger partial charge in [-0.15, -0.1) is 0 Å². The summed E-state index contributed by atoms with van der Waals surface area (Å²) in [5.74, 6) is 0.315. The average molecular weight is 513 g/mol. The quantitative estimate of drug-likeness (QED) is 0.344. The molecule has 0 bridgehead atoms. The number of rotatable bonds is 8. The first-order chi connectivity index (χ1) is 18.4. The number of carboxylic acids is 1. The Hall–Kier alpha value is -4.73. The zero-order valence-electron chi connectivity index (χ0n) is 20.8. The monoisotopic (exact) mass is 512 g/mol. The number of aromatic nitrogens is 4. The number of carboxylic acid groups (broad SMARTS) is 1. The second-order valence-electron chi connectivity index (χ2n) is 9.15. The summed E-state index contributed by atoms with van der Waals surface area (Å²) in [6.07, 6.45) is 4.30. The van der Waals surface area contributed by atoms with E-state index in [0.29, 0.717) is 35.6 Å². The second kappa shape index (κ2) is 10.7. The lowest BCUT2D eigenvalue weighted by Crippen LogP contribution is -2.40. The Kier molecular flexibility index (Phi) is 7.03. The molecule has 10 nitrogen and oxygen atoms in total. The molecule has 1 atom stereocenters. The molecule has 1 saturated heterocycles. The summed E-state index contributed by atoms with van der Waals surface area (Å²) in [6, 6.07) is 16.8. The van der Waals surface area contributed by atoms with Crippen LogP contribution in [-0.2, 0) is 16.1 Å². The number of aliphatic carboxylic acids is 1. The van der Waals surface area contributed by atoms with Gasteiger partial charge in [0.15, 0.2) is 5.65 Å². The number of carbonyl (C=O) groups excluding carboxylic acids is 1. The molecule has 0 saturated carbocycles. The molecule has 2 aromatic carbocycles. The van der Waals surface area contributed by atoms with E-state index in [9.17, 15) is 9.59 Å². The van der Waals surface area contributed by atoms with Crippen molar-refractivity contribution in [3.05, 3.63) is 79.1 Å².